The molecule has 1 atom stereocenters. The summed E-state index contributed by atoms with van der Waals surface area (Å²) in [6.45, 7) is 1.89. The van der Waals surface area contributed by atoms with Crippen LogP contribution < -0.4 is 5.73 Å². The van der Waals surface area contributed by atoms with Gasteiger partial charge in [0.1, 0.15) is 5.69 Å². The lowest BCUT2D eigenvalue weighted by molar-refractivity contribution is -0.128. The smallest absolute Gasteiger partial charge is 0.231 e. The molecule has 4 rings (SSSR count). The molecule has 2 heterocycles. The number of carbonyl (C=O) groups excluding carboxylic acids is 2. The molecule has 0 aliphatic carbocycles. The summed E-state index contributed by atoms with van der Waals surface area (Å²) >= 11 is 0. The maximum Gasteiger partial charge on any atom is 0.231 e. The van der Waals surface area contributed by atoms with Crippen molar-refractivity contribution in [2.24, 2.45) is 10.7 Å². The van der Waals surface area contributed by atoms with Crippen molar-refractivity contribution in [3.05, 3.63) is 77.5 Å². The molecule has 1 amide bonds. The van der Waals surface area contributed by atoms with Gasteiger partial charge in [0.05, 0.1) is 17.5 Å². The number of aliphatic imine (C=N–C) groups is 1. The molecule has 6 heteroatoms. The van der Waals surface area contributed by atoms with Gasteiger partial charge in [-0.05, 0) is 30.2 Å². The fourth-order valence-electron chi connectivity index (χ4n) is 3.59. The monoisotopic (exact) mass is 386 g/mol. The Hall–Kier alpha value is -3.54. The van der Waals surface area contributed by atoms with Crippen molar-refractivity contribution in [3.8, 4) is 0 Å². The summed E-state index contributed by atoms with van der Waals surface area (Å²) in [7, 11) is 1.62. The molecule has 2 aromatic carbocycles. The average Bonchev–Trinajstić information content (AvgIpc) is 2.72. The lowest BCUT2D eigenvalue weighted by Crippen LogP contribution is -2.47. The van der Waals surface area contributed by atoms with E-state index >= 15 is 0 Å². The molecule has 29 heavy (non-hydrogen) atoms. The van der Waals surface area contributed by atoms with Crippen LogP contribution in [0.5, 0.6) is 0 Å². The van der Waals surface area contributed by atoms with E-state index in [0.717, 1.165) is 22.0 Å². The van der Waals surface area contributed by atoms with Gasteiger partial charge in [0.25, 0.3) is 0 Å². The molecule has 0 spiro atoms. The Balaban J connectivity index is 1.60. The molecule has 0 radical (unpaired) electrons. The van der Waals surface area contributed by atoms with E-state index in [2.05, 4.69) is 9.98 Å². The molecular weight excluding hydrogens is 364 g/mol. The zero-order valence-electron chi connectivity index (χ0n) is 16.4. The summed E-state index contributed by atoms with van der Waals surface area (Å²) < 4.78 is 0. The van der Waals surface area contributed by atoms with Crippen molar-refractivity contribution in [3.63, 3.8) is 0 Å². The summed E-state index contributed by atoms with van der Waals surface area (Å²) in [5.41, 5.74) is 8.13. The Morgan fingerprint density at radius 3 is 2.72 bits per heavy atom. The number of para-hydroxylation sites is 1. The molecule has 1 unspecified atom stereocenters. The molecule has 146 valence electrons. The van der Waals surface area contributed by atoms with Crippen LogP contribution in [0, 0.1) is 0 Å². The van der Waals surface area contributed by atoms with Crippen molar-refractivity contribution in [1.29, 1.82) is 0 Å². The van der Waals surface area contributed by atoms with Crippen molar-refractivity contribution in [1.82, 2.24) is 9.88 Å². The number of hydrogen-bond acceptors (Lipinski definition) is 5. The van der Waals surface area contributed by atoms with E-state index in [4.69, 9.17) is 5.73 Å². The minimum Gasteiger partial charge on any atom is -0.369 e. The van der Waals surface area contributed by atoms with Crippen LogP contribution in [0.1, 0.15) is 35.0 Å². The molecule has 1 aromatic heterocycles. The average molecular weight is 386 g/mol. The number of rotatable bonds is 4. The van der Waals surface area contributed by atoms with Crippen LogP contribution in [0.25, 0.3) is 10.9 Å². The number of guanidine groups is 1. The summed E-state index contributed by atoms with van der Waals surface area (Å²) in [5.74, 6) is 0.0629. The van der Waals surface area contributed by atoms with E-state index in [0.29, 0.717) is 5.69 Å². The van der Waals surface area contributed by atoms with Crippen LogP contribution >= 0.6 is 0 Å². The van der Waals surface area contributed by atoms with Crippen LogP contribution in [0.2, 0.25) is 0 Å². The topological polar surface area (TPSA) is 88.7 Å². The minimum atomic E-state index is -0.742. The van der Waals surface area contributed by atoms with E-state index in [9.17, 15) is 9.59 Å². The van der Waals surface area contributed by atoms with Crippen LogP contribution in [0.3, 0.4) is 0 Å². The number of nitrogens with zero attached hydrogens (tertiary/aromatic N) is 3. The quantitative estimate of drug-likeness (QED) is 0.698. The molecule has 0 fully saturated rings. The zero-order chi connectivity index (χ0) is 20.6. The van der Waals surface area contributed by atoms with Gasteiger partial charge in [-0.25, -0.2) is 9.98 Å². The Morgan fingerprint density at radius 2 is 1.93 bits per heavy atom. The largest absolute Gasteiger partial charge is 0.369 e. The van der Waals surface area contributed by atoms with Gasteiger partial charge in [-0.3, -0.25) is 14.5 Å². The van der Waals surface area contributed by atoms with Gasteiger partial charge < -0.3 is 5.73 Å². The van der Waals surface area contributed by atoms with E-state index in [-0.39, 0.29) is 30.5 Å². The van der Waals surface area contributed by atoms with Crippen molar-refractivity contribution < 1.29 is 9.59 Å². The number of pyridine rings is 1. The normalized spacial score (nSPS) is 19.3. The minimum absolute atomic E-state index is 0.0551. The fraction of sp³-hybridized carbons (Fsp3) is 0.217. The van der Waals surface area contributed by atoms with Crippen molar-refractivity contribution in [2.75, 3.05) is 7.05 Å². The highest BCUT2D eigenvalue weighted by Gasteiger charge is 2.36. The Bertz CT molecular complexity index is 1150. The highest BCUT2D eigenvalue weighted by Crippen LogP contribution is 2.33. The van der Waals surface area contributed by atoms with Gasteiger partial charge in [0.15, 0.2) is 11.7 Å². The molecule has 2 N–H and O–H groups in total. The van der Waals surface area contributed by atoms with Gasteiger partial charge in [-0.1, -0.05) is 48.5 Å². The molecule has 0 saturated carbocycles. The first-order valence-corrected chi connectivity index (χ1v) is 9.46. The van der Waals surface area contributed by atoms with Crippen LogP contribution in [-0.4, -0.2) is 34.6 Å². The lowest BCUT2D eigenvalue weighted by Gasteiger charge is -2.33. The maximum absolute atomic E-state index is 12.8. The number of carbonyl (C=O) groups is 2. The van der Waals surface area contributed by atoms with E-state index in [1.54, 1.807) is 13.1 Å². The van der Waals surface area contributed by atoms with Gasteiger partial charge in [-0.2, -0.15) is 0 Å². The second-order valence-electron chi connectivity index (χ2n) is 7.56. The molecule has 6 nitrogen and oxygen atoms in total. The molecule has 0 bridgehead atoms. The first kappa shape index (κ1) is 18.8. The van der Waals surface area contributed by atoms with Crippen molar-refractivity contribution in [2.45, 2.75) is 25.3 Å². The first-order chi connectivity index (χ1) is 13.9. The number of benzene rings is 2. The Morgan fingerprint density at radius 1 is 1.14 bits per heavy atom. The summed E-state index contributed by atoms with van der Waals surface area (Å²) in [5, 5.41) is 1.00. The van der Waals surface area contributed by atoms with Gasteiger partial charge in [0.2, 0.25) is 5.91 Å². The number of ketones is 1. The Labute approximate surface area is 169 Å². The first-order valence-electron chi connectivity index (χ1n) is 9.46. The third kappa shape index (κ3) is 3.61. The number of Topliss-reactive ketones (excluding diaryl/α,β-unsaturated/α-hetero) is 1. The predicted molar refractivity (Wildman–Crippen MR) is 113 cm³/mol. The van der Waals surface area contributed by atoms with Crippen LogP contribution in [0.15, 0.2) is 65.7 Å². The van der Waals surface area contributed by atoms with Crippen LogP contribution in [-0.2, 0) is 16.8 Å². The fourth-order valence-corrected chi connectivity index (χ4v) is 3.59. The van der Waals surface area contributed by atoms with Crippen LogP contribution in [0.4, 0.5) is 0 Å². The second kappa shape index (κ2) is 7.13. The third-order valence-electron chi connectivity index (χ3n) is 5.37. The van der Waals surface area contributed by atoms with Gasteiger partial charge >= 0.3 is 0 Å². The highest BCUT2D eigenvalue weighted by atomic mass is 16.2. The molecule has 0 saturated heterocycles. The number of hydrogen-bond donors (Lipinski definition) is 1. The third-order valence-corrected chi connectivity index (χ3v) is 5.37. The predicted octanol–water partition coefficient (Wildman–Crippen LogP) is 3.05. The standard InChI is InChI=1S/C23H22N4O2/c1-23(14-21(29)27(2)22(24)26-23)17-8-5-6-15(12-17)13-20(28)19-11-10-16-7-3-4-9-18(16)25-19/h3-12H,13-14H2,1-2H3,(H2,24,26). The van der Waals surface area contributed by atoms with E-state index < -0.39 is 5.54 Å². The zero-order valence-corrected chi connectivity index (χ0v) is 16.4. The second-order valence-corrected chi connectivity index (χ2v) is 7.56. The highest BCUT2D eigenvalue weighted by molar-refractivity contribution is 5.99. The SMILES string of the molecule is CN1C(=O)CC(C)(c2cccc(CC(=O)c3ccc4ccccc4n3)c2)N=C1N. The summed E-state index contributed by atoms with van der Waals surface area (Å²) in [4.78, 5) is 35.4. The van der Waals surface area contributed by atoms with Gasteiger partial charge in [-0.15, -0.1) is 0 Å². The maximum atomic E-state index is 12.8. The molecule has 1 aliphatic heterocycles. The number of nitrogens with two attached hydrogens (primary N) is 1. The number of aromatic nitrogens is 1. The van der Waals surface area contributed by atoms with Gasteiger partial charge in [0, 0.05) is 18.9 Å². The summed E-state index contributed by atoms with van der Waals surface area (Å²) in [6, 6.07) is 19.0. The lowest BCUT2D eigenvalue weighted by atomic mass is 9.86. The molecule has 1 aliphatic rings. The molecular formula is C23H22N4O2. The summed E-state index contributed by atoms with van der Waals surface area (Å²) in [6.07, 6.45) is 0.454. The Kier molecular flexibility index (Phi) is 4.62. The van der Waals surface area contributed by atoms with E-state index in [1.165, 1.54) is 4.90 Å². The van der Waals surface area contributed by atoms with Crippen molar-refractivity contribution >= 4 is 28.6 Å². The number of fused-ring (bicyclic) bond motifs is 1. The number of amides is 1. The van der Waals surface area contributed by atoms with E-state index in [1.807, 2.05) is 61.5 Å². The molecule has 3 aromatic rings.